The monoisotopic (exact) mass is 416 g/mol. The van der Waals surface area contributed by atoms with Gasteiger partial charge in [0.2, 0.25) is 17.7 Å². The summed E-state index contributed by atoms with van der Waals surface area (Å²) in [4.78, 5) is 46.2. The van der Waals surface area contributed by atoms with Gasteiger partial charge in [-0.3, -0.25) is 24.5 Å². The molecular weight excluding hydrogens is 395 g/mol. The van der Waals surface area contributed by atoms with Crippen LogP contribution < -0.4 is 16.4 Å². The van der Waals surface area contributed by atoms with Gasteiger partial charge in [0.25, 0.3) is 5.69 Å². The van der Waals surface area contributed by atoms with Gasteiger partial charge in [-0.2, -0.15) is 0 Å². The first-order valence-corrected chi connectivity index (χ1v) is 9.01. The van der Waals surface area contributed by atoms with E-state index in [-0.39, 0.29) is 24.1 Å². The molecule has 0 bridgehead atoms. The zero-order chi connectivity index (χ0) is 22.3. The van der Waals surface area contributed by atoms with Crippen LogP contribution in [0.25, 0.3) is 0 Å². The van der Waals surface area contributed by atoms with Gasteiger partial charge in [-0.15, -0.1) is 0 Å². The maximum Gasteiger partial charge on any atom is 0.269 e. The van der Waals surface area contributed by atoms with Crippen LogP contribution in [0.15, 0.2) is 48.5 Å². The molecule has 0 radical (unpaired) electrons. The molecule has 0 aromatic heterocycles. The van der Waals surface area contributed by atoms with Crippen molar-refractivity contribution in [3.63, 3.8) is 0 Å². The van der Waals surface area contributed by atoms with E-state index in [1.54, 1.807) is 6.07 Å². The molecule has 0 aliphatic rings. The fourth-order valence-corrected chi connectivity index (χ4v) is 2.82. The number of amides is 3. The number of halogens is 1. The number of hydrogen-bond donors (Lipinski definition) is 3. The Morgan fingerprint density at radius 3 is 2.20 bits per heavy atom. The number of benzene rings is 2. The number of nitrogens with two attached hydrogens (primary N) is 1. The number of non-ortho nitro benzene ring substituents is 1. The molecule has 0 saturated carbocycles. The fraction of sp³-hybridized carbons (Fsp3) is 0.250. The Morgan fingerprint density at radius 2 is 1.67 bits per heavy atom. The summed E-state index contributed by atoms with van der Waals surface area (Å²) in [5, 5.41) is 15.6. The number of rotatable bonds is 9. The highest BCUT2D eigenvalue weighted by atomic mass is 19.1. The third kappa shape index (κ3) is 6.36. The summed E-state index contributed by atoms with van der Waals surface area (Å²) in [7, 11) is 0. The number of carbonyl (C=O) groups is 3. The molecule has 2 aromatic carbocycles. The van der Waals surface area contributed by atoms with Crippen molar-refractivity contribution in [3.05, 3.63) is 75.6 Å². The van der Waals surface area contributed by atoms with E-state index >= 15 is 0 Å². The summed E-state index contributed by atoms with van der Waals surface area (Å²) in [6, 6.07) is 9.01. The number of hydrogen-bond acceptors (Lipinski definition) is 5. The summed E-state index contributed by atoms with van der Waals surface area (Å²) in [6.07, 6.45) is -0.132. The van der Waals surface area contributed by atoms with Gasteiger partial charge in [0, 0.05) is 31.9 Å². The first-order valence-electron chi connectivity index (χ1n) is 9.01. The van der Waals surface area contributed by atoms with E-state index in [4.69, 9.17) is 5.73 Å². The predicted molar refractivity (Wildman–Crippen MR) is 106 cm³/mol. The summed E-state index contributed by atoms with van der Waals surface area (Å²) in [5.41, 5.74) is 6.02. The molecule has 10 heteroatoms. The molecule has 2 rings (SSSR count). The minimum atomic E-state index is -1.13. The Kier molecular flexibility index (Phi) is 7.56. The van der Waals surface area contributed by atoms with E-state index < -0.39 is 40.5 Å². The van der Waals surface area contributed by atoms with Crippen LogP contribution in [-0.4, -0.2) is 34.7 Å². The molecule has 0 aliphatic heterocycles. The van der Waals surface area contributed by atoms with E-state index in [0.29, 0.717) is 5.56 Å². The molecule has 0 unspecified atom stereocenters. The van der Waals surface area contributed by atoms with E-state index in [0.717, 1.165) is 0 Å². The van der Waals surface area contributed by atoms with Gasteiger partial charge in [0.1, 0.15) is 17.9 Å². The van der Waals surface area contributed by atoms with E-state index in [2.05, 4.69) is 10.6 Å². The zero-order valence-electron chi connectivity index (χ0n) is 16.1. The topological polar surface area (TPSA) is 144 Å². The first kappa shape index (κ1) is 22.5. The minimum Gasteiger partial charge on any atom is -0.368 e. The SMILES string of the molecule is CC(=O)N[C@@H](Cc1ccccc1F)C(=O)N[C@@H](Cc1ccc([N+](=O)[O-])cc1)C(N)=O. The lowest BCUT2D eigenvalue weighted by Gasteiger charge is -2.22. The highest BCUT2D eigenvalue weighted by molar-refractivity contribution is 5.91. The maximum atomic E-state index is 14.0. The molecule has 2 aromatic rings. The standard InChI is InChI=1S/C20H21FN4O5/c1-12(26)23-18(11-14-4-2-3-5-16(14)21)20(28)24-17(19(22)27)10-13-6-8-15(9-7-13)25(29)30/h2-9,17-18H,10-11H2,1H3,(H2,22,27)(H,23,26)(H,24,28)/t17-,18-/m0/s1. The van der Waals surface area contributed by atoms with Gasteiger partial charge in [0.05, 0.1) is 4.92 Å². The van der Waals surface area contributed by atoms with Gasteiger partial charge in [0.15, 0.2) is 0 Å². The largest absolute Gasteiger partial charge is 0.368 e. The molecule has 158 valence electrons. The van der Waals surface area contributed by atoms with Crippen LogP contribution >= 0.6 is 0 Å². The number of nitro groups is 1. The molecule has 4 N–H and O–H groups in total. The van der Waals surface area contributed by atoms with E-state index in [9.17, 15) is 28.9 Å². The van der Waals surface area contributed by atoms with Crippen LogP contribution in [0.4, 0.5) is 10.1 Å². The second-order valence-electron chi connectivity index (χ2n) is 6.64. The summed E-state index contributed by atoms with van der Waals surface area (Å²) >= 11 is 0. The molecule has 0 fully saturated rings. The lowest BCUT2D eigenvalue weighted by atomic mass is 10.0. The van der Waals surface area contributed by atoms with Crippen molar-refractivity contribution >= 4 is 23.4 Å². The smallest absolute Gasteiger partial charge is 0.269 e. The highest BCUT2D eigenvalue weighted by Crippen LogP contribution is 2.14. The van der Waals surface area contributed by atoms with Gasteiger partial charge in [-0.05, 0) is 17.2 Å². The Labute approximate surface area is 171 Å². The number of nitro benzene ring substituents is 1. The summed E-state index contributed by atoms with van der Waals surface area (Å²) in [6.45, 7) is 1.21. The zero-order valence-corrected chi connectivity index (χ0v) is 16.1. The molecule has 0 saturated heterocycles. The van der Waals surface area contributed by atoms with Crippen molar-refractivity contribution in [2.24, 2.45) is 5.73 Å². The molecular formula is C20H21FN4O5. The first-order chi connectivity index (χ1) is 14.2. The molecule has 9 nitrogen and oxygen atoms in total. The Hall–Kier alpha value is -3.82. The quantitative estimate of drug-likeness (QED) is 0.412. The van der Waals surface area contributed by atoms with Crippen molar-refractivity contribution in [1.29, 1.82) is 0 Å². The van der Waals surface area contributed by atoms with Gasteiger partial charge < -0.3 is 16.4 Å². The van der Waals surface area contributed by atoms with Crippen LogP contribution in [0.2, 0.25) is 0 Å². The normalized spacial score (nSPS) is 12.5. The van der Waals surface area contributed by atoms with Crippen molar-refractivity contribution in [3.8, 4) is 0 Å². The Morgan fingerprint density at radius 1 is 1.03 bits per heavy atom. The maximum absolute atomic E-state index is 14.0. The highest BCUT2D eigenvalue weighted by Gasteiger charge is 2.26. The van der Waals surface area contributed by atoms with Crippen LogP contribution in [0, 0.1) is 15.9 Å². The third-order valence-electron chi connectivity index (χ3n) is 4.32. The number of carbonyl (C=O) groups excluding carboxylic acids is 3. The molecule has 2 atom stereocenters. The van der Waals surface area contributed by atoms with Crippen LogP contribution in [0.3, 0.4) is 0 Å². The average molecular weight is 416 g/mol. The number of primary amides is 1. The van der Waals surface area contributed by atoms with Crippen molar-refractivity contribution < 1.29 is 23.7 Å². The van der Waals surface area contributed by atoms with Gasteiger partial charge >= 0.3 is 0 Å². The molecule has 0 heterocycles. The molecule has 30 heavy (non-hydrogen) atoms. The van der Waals surface area contributed by atoms with Gasteiger partial charge in [-0.1, -0.05) is 30.3 Å². The molecule has 0 spiro atoms. The average Bonchev–Trinajstić information content (AvgIpc) is 2.68. The van der Waals surface area contributed by atoms with Crippen molar-refractivity contribution in [1.82, 2.24) is 10.6 Å². The van der Waals surface area contributed by atoms with E-state index in [1.165, 1.54) is 49.4 Å². The summed E-state index contributed by atoms with van der Waals surface area (Å²) in [5.74, 6) is -2.57. The molecule has 0 aliphatic carbocycles. The third-order valence-corrected chi connectivity index (χ3v) is 4.32. The molecule has 3 amide bonds. The fourth-order valence-electron chi connectivity index (χ4n) is 2.82. The van der Waals surface area contributed by atoms with Crippen LogP contribution in [0.5, 0.6) is 0 Å². The Balaban J connectivity index is 2.14. The lowest BCUT2D eigenvalue weighted by molar-refractivity contribution is -0.384. The predicted octanol–water partition coefficient (Wildman–Crippen LogP) is 0.994. The summed E-state index contributed by atoms with van der Waals surface area (Å²) < 4.78 is 14.0. The van der Waals surface area contributed by atoms with Crippen LogP contribution in [-0.2, 0) is 27.2 Å². The van der Waals surface area contributed by atoms with Gasteiger partial charge in [-0.25, -0.2) is 4.39 Å². The van der Waals surface area contributed by atoms with Crippen LogP contribution in [0.1, 0.15) is 18.1 Å². The van der Waals surface area contributed by atoms with E-state index in [1.807, 2.05) is 0 Å². The Bertz CT molecular complexity index is 948. The minimum absolute atomic E-state index is 0.00838. The second-order valence-corrected chi connectivity index (χ2v) is 6.64. The number of nitrogens with zero attached hydrogens (tertiary/aromatic N) is 1. The lowest BCUT2D eigenvalue weighted by Crippen LogP contribution is -2.54. The second kappa shape index (κ2) is 10.1. The van der Waals surface area contributed by atoms with Crippen molar-refractivity contribution in [2.45, 2.75) is 31.8 Å². The van der Waals surface area contributed by atoms with Crippen molar-refractivity contribution in [2.75, 3.05) is 0 Å². The number of nitrogens with one attached hydrogen (secondary N) is 2.